The van der Waals surface area contributed by atoms with Crippen LogP contribution < -0.4 is 16.4 Å². The Balaban J connectivity index is 1.94. The van der Waals surface area contributed by atoms with E-state index in [2.05, 4.69) is 30.8 Å². The Bertz CT molecular complexity index is 937. The van der Waals surface area contributed by atoms with E-state index in [1.807, 2.05) is 19.9 Å². The molecule has 25 heavy (non-hydrogen) atoms. The van der Waals surface area contributed by atoms with Crippen LogP contribution in [-0.4, -0.2) is 25.1 Å². The second kappa shape index (κ2) is 6.43. The van der Waals surface area contributed by atoms with Crippen LogP contribution in [0.15, 0.2) is 30.5 Å². The van der Waals surface area contributed by atoms with E-state index in [9.17, 15) is 10.1 Å². The normalized spacial score (nSPS) is 10.5. The van der Waals surface area contributed by atoms with Gasteiger partial charge in [0.2, 0.25) is 11.8 Å². The van der Waals surface area contributed by atoms with Crippen LogP contribution in [0.2, 0.25) is 0 Å². The third kappa shape index (κ3) is 3.63. The average Bonchev–Trinajstić information content (AvgIpc) is 2.96. The lowest BCUT2D eigenvalue weighted by molar-refractivity contribution is -0.384. The number of aromatic nitrogens is 4. The van der Waals surface area contributed by atoms with Crippen molar-refractivity contribution in [1.82, 2.24) is 20.2 Å². The van der Waals surface area contributed by atoms with Crippen LogP contribution in [0.5, 0.6) is 0 Å². The van der Waals surface area contributed by atoms with Crippen molar-refractivity contribution in [2.45, 2.75) is 13.8 Å². The van der Waals surface area contributed by atoms with Gasteiger partial charge in [-0.25, -0.2) is 4.98 Å². The van der Waals surface area contributed by atoms with Crippen molar-refractivity contribution in [3.05, 3.63) is 51.8 Å². The van der Waals surface area contributed by atoms with Gasteiger partial charge in [0.25, 0.3) is 0 Å². The number of nitro groups is 1. The maximum Gasteiger partial charge on any atom is 0.330 e. The Morgan fingerprint density at radius 3 is 2.72 bits per heavy atom. The van der Waals surface area contributed by atoms with Gasteiger partial charge in [-0.05, 0) is 31.5 Å². The highest BCUT2D eigenvalue weighted by Crippen LogP contribution is 2.27. The summed E-state index contributed by atoms with van der Waals surface area (Å²) in [6.45, 7) is 3.72. The van der Waals surface area contributed by atoms with Crippen LogP contribution in [0.4, 0.5) is 34.6 Å². The molecule has 5 N–H and O–H groups in total. The van der Waals surface area contributed by atoms with Crippen LogP contribution >= 0.6 is 0 Å². The number of hydrogen-bond acceptors (Lipinski definition) is 8. The number of nitrogens with two attached hydrogens (primary N) is 1. The lowest BCUT2D eigenvalue weighted by atomic mass is 10.2. The third-order valence-electron chi connectivity index (χ3n) is 3.43. The zero-order valence-electron chi connectivity index (χ0n) is 13.6. The molecule has 0 saturated heterocycles. The Labute approximate surface area is 142 Å². The largest absolute Gasteiger partial charge is 0.399 e. The van der Waals surface area contributed by atoms with Gasteiger partial charge in [0.1, 0.15) is 6.20 Å². The van der Waals surface area contributed by atoms with Crippen LogP contribution in [-0.2, 0) is 0 Å². The first-order chi connectivity index (χ1) is 11.9. The first kappa shape index (κ1) is 16.2. The van der Waals surface area contributed by atoms with Gasteiger partial charge >= 0.3 is 5.69 Å². The lowest BCUT2D eigenvalue weighted by Crippen LogP contribution is -2.05. The molecule has 128 valence electrons. The molecular formula is C15H16N8O2. The van der Waals surface area contributed by atoms with Gasteiger partial charge in [-0.2, -0.15) is 10.1 Å². The third-order valence-corrected chi connectivity index (χ3v) is 3.43. The molecule has 2 aromatic heterocycles. The Kier molecular flexibility index (Phi) is 4.16. The summed E-state index contributed by atoms with van der Waals surface area (Å²) in [5.41, 5.74) is 8.58. The fourth-order valence-corrected chi connectivity index (χ4v) is 2.16. The van der Waals surface area contributed by atoms with E-state index < -0.39 is 4.92 Å². The molecule has 0 bridgehead atoms. The second-order valence-corrected chi connectivity index (χ2v) is 5.45. The van der Waals surface area contributed by atoms with Gasteiger partial charge in [-0.15, -0.1) is 0 Å². The Hall–Kier alpha value is -3.69. The minimum Gasteiger partial charge on any atom is -0.399 e. The van der Waals surface area contributed by atoms with E-state index >= 15 is 0 Å². The smallest absolute Gasteiger partial charge is 0.330 e. The van der Waals surface area contributed by atoms with E-state index in [1.54, 1.807) is 18.2 Å². The minimum atomic E-state index is -0.558. The molecule has 0 aliphatic carbocycles. The van der Waals surface area contributed by atoms with Crippen LogP contribution in [0, 0.1) is 24.0 Å². The van der Waals surface area contributed by atoms with E-state index in [1.165, 1.54) is 0 Å². The van der Waals surface area contributed by atoms with Crippen molar-refractivity contribution in [2.24, 2.45) is 0 Å². The number of anilines is 5. The summed E-state index contributed by atoms with van der Waals surface area (Å²) in [6.07, 6.45) is 1.14. The molecule has 10 heteroatoms. The summed E-state index contributed by atoms with van der Waals surface area (Å²) >= 11 is 0. The van der Waals surface area contributed by atoms with Crippen molar-refractivity contribution in [2.75, 3.05) is 16.4 Å². The monoisotopic (exact) mass is 340 g/mol. The highest BCUT2D eigenvalue weighted by molar-refractivity contribution is 5.68. The van der Waals surface area contributed by atoms with Gasteiger partial charge in [0.15, 0.2) is 5.82 Å². The summed E-state index contributed by atoms with van der Waals surface area (Å²) in [5, 5.41) is 23.8. The van der Waals surface area contributed by atoms with Crippen molar-refractivity contribution < 1.29 is 4.92 Å². The van der Waals surface area contributed by atoms with Gasteiger partial charge in [-0.3, -0.25) is 15.2 Å². The molecule has 0 radical (unpaired) electrons. The number of aryl methyl sites for hydroxylation is 2. The number of H-pyrrole nitrogens is 1. The molecule has 0 aliphatic rings. The van der Waals surface area contributed by atoms with E-state index in [-0.39, 0.29) is 17.5 Å². The molecule has 0 spiro atoms. The quantitative estimate of drug-likeness (QED) is 0.315. The zero-order chi connectivity index (χ0) is 18.0. The highest BCUT2D eigenvalue weighted by Gasteiger charge is 2.18. The Morgan fingerprint density at radius 2 is 2.04 bits per heavy atom. The maximum atomic E-state index is 11.2. The second-order valence-electron chi connectivity index (χ2n) is 5.45. The first-order valence-corrected chi connectivity index (χ1v) is 7.36. The number of rotatable bonds is 5. The molecule has 0 aliphatic heterocycles. The fourth-order valence-electron chi connectivity index (χ4n) is 2.16. The SMILES string of the molecule is Cc1cc(Nc2nc(Nc3cc(N)ccc3C)ncc2[N+](=O)[O-])n[nH]1. The summed E-state index contributed by atoms with van der Waals surface area (Å²) < 4.78 is 0. The van der Waals surface area contributed by atoms with E-state index in [0.717, 1.165) is 23.1 Å². The van der Waals surface area contributed by atoms with Crippen molar-refractivity contribution in [1.29, 1.82) is 0 Å². The zero-order valence-corrected chi connectivity index (χ0v) is 13.6. The maximum absolute atomic E-state index is 11.2. The number of aromatic amines is 1. The van der Waals surface area contributed by atoms with Gasteiger partial charge in [0, 0.05) is 23.1 Å². The molecule has 0 saturated carbocycles. The highest BCUT2D eigenvalue weighted by atomic mass is 16.6. The molecule has 3 rings (SSSR count). The summed E-state index contributed by atoms with van der Waals surface area (Å²) in [4.78, 5) is 18.8. The van der Waals surface area contributed by atoms with Crippen molar-refractivity contribution >= 4 is 34.6 Å². The number of nitrogen functional groups attached to an aromatic ring is 1. The van der Waals surface area contributed by atoms with Crippen LogP contribution in [0.3, 0.4) is 0 Å². The fraction of sp³-hybridized carbons (Fsp3) is 0.133. The van der Waals surface area contributed by atoms with Crippen LogP contribution in [0.1, 0.15) is 11.3 Å². The average molecular weight is 340 g/mol. The molecule has 3 aromatic rings. The number of nitrogens with one attached hydrogen (secondary N) is 3. The summed E-state index contributed by atoms with van der Waals surface area (Å²) in [7, 11) is 0. The van der Waals surface area contributed by atoms with Gasteiger partial charge in [-0.1, -0.05) is 6.07 Å². The molecule has 0 amide bonds. The van der Waals surface area contributed by atoms with Crippen molar-refractivity contribution in [3.63, 3.8) is 0 Å². The summed E-state index contributed by atoms with van der Waals surface area (Å²) in [6, 6.07) is 7.09. The summed E-state index contributed by atoms with van der Waals surface area (Å²) in [5.74, 6) is 0.662. The number of hydrogen-bond donors (Lipinski definition) is 4. The molecular weight excluding hydrogens is 324 g/mol. The van der Waals surface area contributed by atoms with E-state index in [0.29, 0.717) is 11.5 Å². The number of benzene rings is 1. The Morgan fingerprint density at radius 1 is 1.24 bits per heavy atom. The van der Waals surface area contributed by atoms with Crippen molar-refractivity contribution in [3.8, 4) is 0 Å². The molecule has 0 fully saturated rings. The number of nitrogens with zero attached hydrogens (tertiary/aromatic N) is 4. The molecule has 0 atom stereocenters. The molecule has 2 heterocycles. The predicted molar refractivity (Wildman–Crippen MR) is 94.2 cm³/mol. The molecule has 1 aromatic carbocycles. The topological polar surface area (TPSA) is 148 Å². The van der Waals surface area contributed by atoms with Crippen LogP contribution in [0.25, 0.3) is 0 Å². The first-order valence-electron chi connectivity index (χ1n) is 7.36. The van der Waals surface area contributed by atoms with E-state index in [4.69, 9.17) is 5.73 Å². The predicted octanol–water partition coefficient (Wildman–Crippen LogP) is 2.79. The minimum absolute atomic E-state index is 0.0376. The van der Waals surface area contributed by atoms with Gasteiger partial charge in [0.05, 0.1) is 4.92 Å². The lowest BCUT2D eigenvalue weighted by Gasteiger charge is -2.10. The molecule has 10 nitrogen and oxygen atoms in total. The van der Waals surface area contributed by atoms with Gasteiger partial charge < -0.3 is 16.4 Å². The molecule has 0 unspecified atom stereocenters. The standard InChI is InChI=1S/C15H16N8O2/c1-8-3-4-10(16)6-11(8)18-15-17-7-12(23(24)25)14(20-15)19-13-5-9(2)21-22-13/h3-7H,16H2,1-2H3,(H3,17,18,19,20,21,22).